The minimum Gasteiger partial charge on any atom is -0.394 e. The molecule has 8 nitrogen and oxygen atoms in total. The van der Waals surface area contributed by atoms with Crippen LogP contribution in [0.3, 0.4) is 0 Å². The van der Waals surface area contributed by atoms with Crippen molar-refractivity contribution in [1.82, 2.24) is 0 Å². The van der Waals surface area contributed by atoms with Gasteiger partial charge in [0.15, 0.2) is 5.85 Å². The predicted molar refractivity (Wildman–Crippen MR) is 44.4 cm³/mol. The van der Waals surface area contributed by atoms with Gasteiger partial charge in [-0.2, -0.15) is 0 Å². The van der Waals surface area contributed by atoms with Crippen LogP contribution in [0.2, 0.25) is 0 Å². The molecule has 0 aliphatic carbocycles. The van der Waals surface area contributed by atoms with Crippen molar-refractivity contribution in [3.63, 3.8) is 0 Å². The third-order valence-electron chi connectivity index (χ3n) is 1.73. The fraction of sp³-hybridized carbons (Fsp3) is 1.00. The van der Waals surface area contributed by atoms with E-state index in [9.17, 15) is 0 Å². The van der Waals surface area contributed by atoms with Crippen LogP contribution in [-0.2, 0) is 0 Å². The normalized spacial score (nSPS) is 21.4. The molecule has 0 amide bonds. The average Bonchev–Trinajstić information content (AvgIpc) is 2.11. The summed E-state index contributed by atoms with van der Waals surface area (Å²) in [6.45, 7) is -0.821. The second-order valence-electron chi connectivity index (χ2n) is 3.06. The summed E-state index contributed by atoms with van der Waals surface area (Å²) in [4.78, 5) is 0. The van der Waals surface area contributed by atoms with Crippen LogP contribution < -0.4 is 11.5 Å². The largest absolute Gasteiger partial charge is 0.394 e. The number of rotatable bonds is 5. The summed E-state index contributed by atoms with van der Waals surface area (Å²) in [6.07, 6.45) is -7.56. The predicted octanol–water partition coefficient (Wildman–Crippen LogP) is -5.01. The number of hydrogen-bond donors (Lipinski definition) is 8. The van der Waals surface area contributed by atoms with Crippen molar-refractivity contribution in [1.29, 1.82) is 0 Å². The zero-order valence-electron chi connectivity index (χ0n) is 7.35. The molecule has 86 valence electrons. The maximum Gasteiger partial charge on any atom is 0.196 e. The Morgan fingerprint density at radius 1 is 1.00 bits per heavy atom. The molecule has 0 aliphatic heterocycles. The van der Waals surface area contributed by atoms with Crippen LogP contribution in [0.15, 0.2) is 0 Å². The molecule has 0 rings (SSSR count). The Kier molecular flexibility index (Phi) is 4.84. The summed E-state index contributed by atoms with van der Waals surface area (Å²) in [6, 6.07) is 0. The van der Waals surface area contributed by atoms with Gasteiger partial charge in [-0.1, -0.05) is 0 Å². The third kappa shape index (κ3) is 3.44. The van der Waals surface area contributed by atoms with Crippen LogP contribution >= 0.6 is 0 Å². The standard InChI is InChI=1S/C6H16N2O6/c7-6(8,14)5(13)4(12)3(11)2(10)1-9/h2-5,9-14H,1,7-8H2. The van der Waals surface area contributed by atoms with Crippen LogP contribution in [0.5, 0.6) is 0 Å². The van der Waals surface area contributed by atoms with Crippen molar-refractivity contribution in [3.8, 4) is 0 Å². The first-order chi connectivity index (χ1) is 6.21. The Labute approximate surface area is 80.0 Å². The Morgan fingerprint density at radius 3 is 1.71 bits per heavy atom. The number of aliphatic hydroxyl groups is 6. The van der Waals surface area contributed by atoms with Crippen molar-refractivity contribution >= 4 is 0 Å². The third-order valence-corrected chi connectivity index (χ3v) is 1.73. The van der Waals surface area contributed by atoms with Gasteiger partial charge in [0.1, 0.15) is 24.4 Å². The first-order valence-electron chi connectivity index (χ1n) is 3.85. The molecule has 0 saturated heterocycles. The first-order valence-corrected chi connectivity index (χ1v) is 3.85. The molecule has 0 bridgehead atoms. The molecule has 0 aromatic carbocycles. The highest BCUT2D eigenvalue weighted by Crippen LogP contribution is 2.09. The van der Waals surface area contributed by atoms with E-state index in [0.29, 0.717) is 0 Å². The van der Waals surface area contributed by atoms with Gasteiger partial charge in [-0.05, 0) is 0 Å². The van der Waals surface area contributed by atoms with Gasteiger partial charge in [0.25, 0.3) is 0 Å². The zero-order chi connectivity index (χ0) is 11.5. The monoisotopic (exact) mass is 212 g/mol. The van der Waals surface area contributed by atoms with Crippen molar-refractivity contribution in [2.45, 2.75) is 30.3 Å². The lowest BCUT2D eigenvalue weighted by molar-refractivity contribution is -0.169. The molecule has 4 unspecified atom stereocenters. The summed E-state index contributed by atoms with van der Waals surface area (Å²) in [7, 11) is 0. The minimum absolute atomic E-state index is 0.821. The topological polar surface area (TPSA) is 173 Å². The van der Waals surface area contributed by atoms with E-state index >= 15 is 0 Å². The van der Waals surface area contributed by atoms with Gasteiger partial charge in [0.2, 0.25) is 0 Å². The Hall–Kier alpha value is -0.320. The lowest BCUT2D eigenvalue weighted by Gasteiger charge is -2.31. The lowest BCUT2D eigenvalue weighted by Crippen LogP contribution is -2.65. The molecule has 4 atom stereocenters. The maximum absolute atomic E-state index is 9.13. The van der Waals surface area contributed by atoms with Crippen LogP contribution in [-0.4, -0.2) is 67.5 Å². The van der Waals surface area contributed by atoms with E-state index in [4.69, 9.17) is 42.1 Å². The summed E-state index contributed by atoms with van der Waals surface area (Å²) in [5.41, 5.74) is 9.65. The fourth-order valence-corrected chi connectivity index (χ4v) is 0.796. The van der Waals surface area contributed by atoms with E-state index in [1.165, 1.54) is 0 Å². The van der Waals surface area contributed by atoms with Crippen molar-refractivity contribution in [2.75, 3.05) is 6.61 Å². The van der Waals surface area contributed by atoms with Crippen molar-refractivity contribution < 1.29 is 30.6 Å². The summed E-state index contributed by atoms with van der Waals surface area (Å²) in [5, 5.41) is 53.4. The molecule has 0 saturated carbocycles. The van der Waals surface area contributed by atoms with Crippen LogP contribution in [0.4, 0.5) is 0 Å². The molecule has 0 radical (unpaired) electrons. The quantitative estimate of drug-likeness (QED) is 0.209. The molecule has 0 aliphatic rings. The van der Waals surface area contributed by atoms with Crippen molar-refractivity contribution in [2.24, 2.45) is 11.5 Å². The van der Waals surface area contributed by atoms with Gasteiger partial charge in [0.05, 0.1) is 6.61 Å². The number of nitrogens with two attached hydrogens (primary N) is 2. The molecule has 0 heterocycles. The maximum atomic E-state index is 9.13. The van der Waals surface area contributed by atoms with Crippen molar-refractivity contribution in [3.05, 3.63) is 0 Å². The molecule has 8 heteroatoms. The molecule has 14 heavy (non-hydrogen) atoms. The van der Waals surface area contributed by atoms with E-state index in [1.807, 2.05) is 0 Å². The fourth-order valence-electron chi connectivity index (χ4n) is 0.796. The van der Waals surface area contributed by atoms with E-state index < -0.39 is 36.9 Å². The van der Waals surface area contributed by atoms with Crippen LogP contribution in [0.25, 0.3) is 0 Å². The number of hydrogen-bond acceptors (Lipinski definition) is 8. The minimum atomic E-state index is -2.60. The van der Waals surface area contributed by atoms with Crippen LogP contribution in [0, 0.1) is 0 Å². The van der Waals surface area contributed by atoms with E-state index in [-0.39, 0.29) is 0 Å². The Balaban J connectivity index is 4.38. The Morgan fingerprint density at radius 2 is 1.43 bits per heavy atom. The molecular weight excluding hydrogens is 196 g/mol. The summed E-state index contributed by atoms with van der Waals surface area (Å²) >= 11 is 0. The molecule has 0 fully saturated rings. The molecular formula is C6H16N2O6. The second-order valence-corrected chi connectivity index (χ2v) is 3.06. The van der Waals surface area contributed by atoms with Gasteiger partial charge in [-0.15, -0.1) is 0 Å². The van der Waals surface area contributed by atoms with E-state index in [0.717, 1.165) is 0 Å². The lowest BCUT2D eigenvalue weighted by atomic mass is 10.0. The van der Waals surface area contributed by atoms with Gasteiger partial charge < -0.3 is 30.6 Å². The first kappa shape index (κ1) is 13.7. The second kappa shape index (κ2) is 4.96. The average molecular weight is 212 g/mol. The zero-order valence-corrected chi connectivity index (χ0v) is 7.35. The van der Waals surface area contributed by atoms with Crippen LogP contribution in [0.1, 0.15) is 0 Å². The van der Waals surface area contributed by atoms with Gasteiger partial charge in [0, 0.05) is 0 Å². The summed E-state index contributed by atoms with van der Waals surface area (Å²) < 4.78 is 0. The SMILES string of the molecule is NC(N)(O)C(O)C(O)C(O)C(O)CO. The van der Waals surface area contributed by atoms with E-state index in [2.05, 4.69) is 0 Å². The Bertz CT molecular complexity index is 172. The summed E-state index contributed by atoms with van der Waals surface area (Å²) in [5.74, 6) is -2.60. The highest BCUT2D eigenvalue weighted by molar-refractivity contribution is 4.87. The smallest absolute Gasteiger partial charge is 0.196 e. The molecule has 0 spiro atoms. The highest BCUT2D eigenvalue weighted by Gasteiger charge is 2.39. The molecule has 0 aromatic rings. The molecule has 10 N–H and O–H groups in total. The highest BCUT2D eigenvalue weighted by atomic mass is 16.4. The van der Waals surface area contributed by atoms with Gasteiger partial charge >= 0.3 is 0 Å². The van der Waals surface area contributed by atoms with Gasteiger partial charge in [-0.25, -0.2) is 0 Å². The number of aliphatic hydroxyl groups excluding tert-OH is 5. The van der Waals surface area contributed by atoms with Gasteiger partial charge in [-0.3, -0.25) is 11.5 Å². The molecule has 0 aromatic heterocycles. The van der Waals surface area contributed by atoms with E-state index in [1.54, 1.807) is 0 Å².